The van der Waals surface area contributed by atoms with Crippen molar-refractivity contribution in [3.63, 3.8) is 0 Å². The average Bonchev–Trinajstić information content (AvgIpc) is 2.71. The average molecular weight is 466 g/mol. The van der Waals surface area contributed by atoms with Gasteiger partial charge in [-0.15, -0.1) is 0 Å². The molecule has 3 unspecified atom stereocenters. The van der Waals surface area contributed by atoms with E-state index in [-0.39, 0.29) is 17.0 Å². The molecule has 0 saturated carbocycles. The molecule has 0 radical (unpaired) electrons. The second-order valence-corrected chi connectivity index (χ2v) is 9.34. The second kappa shape index (κ2) is 9.63. The van der Waals surface area contributed by atoms with E-state index in [2.05, 4.69) is 41.9 Å². The number of benzene rings is 2. The van der Waals surface area contributed by atoms with E-state index in [0.717, 1.165) is 22.2 Å². The van der Waals surface area contributed by atoms with Crippen LogP contribution in [0.2, 0.25) is 0 Å². The summed E-state index contributed by atoms with van der Waals surface area (Å²) in [6.07, 6.45) is 0. The van der Waals surface area contributed by atoms with Gasteiger partial charge >= 0.3 is 0 Å². The summed E-state index contributed by atoms with van der Waals surface area (Å²) in [4.78, 5) is 0.514. The van der Waals surface area contributed by atoms with Crippen molar-refractivity contribution in [2.75, 3.05) is 25.2 Å². The summed E-state index contributed by atoms with van der Waals surface area (Å²) in [5.74, 6) is 0.890. The predicted molar refractivity (Wildman–Crippen MR) is 118 cm³/mol. The van der Waals surface area contributed by atoms with Gasteiger partial charge in [0.2, 0.25) is 0 Å². The maximum absolute atomic E-state index is 13.7. The maximum atomic E-state index is 13.7. The van der Waals surface area contributed by atoms with Gasteiger partial charge in [-0.25, -0.2) is 0 Å². The van der Waals surface area contributed by atoms with Gasteiger partial charge in [0.15, 0.2) is 4.87 Å². The van der Waals surface area contributed by atoms with E-state index in [9.17, 15) is 5.21 Å². The van der Waals surface area contributed by atoms with Gasteiger partial charge in [0, 0.05) is 21.7 Å². The Morgan fingerprint density at radius 2 is 1.82 bits per heavy atom. The lowest BCUT2D eigenvalue weighted by molar-refractivity contribution is -0.929. The number of alkyl halides is 1. The van der Waals surface area contributed by atoms with E-state index in [1.54, 1.807) is 11.8 Å². The molecular weight excluding hydrogens is 438 g/mol. The minimum absolute atomic E-state index is 0.121. The van der Waals surface area contributed by atoms with E-state index in [0.29, 0.717) is 19.8 Å². The summed E-state index contributed by atoms with van der Waals surface area (Å²) in [6.45, 7) is 7.92. The number of hydroxylamine groups is 2. The molecular formula is C22H28BrNO3S. The van der Waals surface area contributed by atoms with Gasteiger partial charge in [0.25, 0.3) is 0 Å². The first-order valence-corrected chi connectivity index (χ1v) is 11.6. The molecule has 6 heteroatoms. The van der Waals surface area contributed by atoms with Crippen molar-refractivity contribution in [3.8, 4) is 5.75 Å². The van der Waals surface area contributed by atoms with E-state index in [4.69, 9.17) is 9.47 Å². The summed E-state index contributed by atoms with van der Waals surface area (Å²) < 4.78 is 11.6. The Hall–Kier alpha value is -1.05. The number of para-hydroxylation sites is 1. The third kappa shape index (κ3) is 4.12. The van der Waals surface area contributed by atoms with E-state index >= 15 is 0 Å². The van der Waals surface area contributed by atoms with Crippen molar-refractivity contribution in [2.45, 2.75) is 36.6 Å². The zero-order valence-electron chi connectivity index (χ0n) is 16.6. The smallest absolute Gasteiger partial charge is 0.180 e. The van der Waals surface area contributed by atoms with Gasteiger partial charge in [0.1, 0.15) is 18.4 Å². The zero-order chi connectivity index (χ0) is 20.1. The summed E-state index contributed by atoms with van der Waals surface area (Å²) in [6, 6.07) is 16.1. The summed E-state index contributed by atoms with van der Waals surface area (Å²) in [7, 11) is 0. The molecule has 1 heterocycles. The molecule has 1 aliphatic heterocycles. The fraction of sp³-hybridized carbons (Fsp3) is 0.455. The quantitative estimate of drug-likeness (QED) is 0.353. The first-order chi connectivity index (χ1) is 13.5. The molecule has 2 aromatic carbocycles. The van der Waals surface area contributed by atoms with Gasteiger partial charge in [0.05, 0.1) is 18.8 Å². The third-order valence-corrected chi connectivity index (χ3v) is 7.35. The lowest BCUT2D eigenvalue weighted by Crippen LogP contribution is -3.15. The van der Waals surface area contributed by atoms with E-state index in [1.165, 1.54) is 4.90 Å². The minimum Gasteiger partial charge on any atom is -0.633 e. The normalized spacial score (nSPS) is 24.2. The van der Waals surface area contributed by atoms with Crippen LogP contribution in [0.1, 0.15) is 37.9 Å². The predicted octanol–water partition coefficient (Wildman–Crippen LogP) is 4.54. The fourth-order valence-corrected chi connectivity index (χ4v) is 5.66. The van der Waals surface area contributed by atoms with Crippen LogP contribution in [0.4, 0.5) is 0 Å². The molecule has 0 bridgehead atoms. The molecule has 28 heavy (non-hydrogen) atoms. The lowest BCUT2D eigenvalue weighted by Gasteiger charge is -2.52. The molecule has 0 fully saturated rings. The number of hydrogen-bond donors (Lipinski definition) is 1. The van der Waals surface area contributed by atoms with Gasteiger partial charge in [-0.2, -0.15) is 0 Å². The first-order valence-electron chi connectivity index (χ1n) is 9.70. The molecule has 0 aliphatic carbocycles. The number of ether oxygens (including phenoxy) is 2. The highest BCUT2D eigenvalue weighted by atomic mass is 79.9. The van der Waals surface area contributed by atoms with Crippen LogP contribution in [0, 0.1) is 11.1 Å². The van der Waals surface area contributed by atoms with Gasteiger partial charge in [-0.05, 0) is 25.1 Å². The molecule has 0 spiro atoms. The monoisotopic (exact) mass is 465 g/mol. The van der Waals surface area contributed by atoms with Crippen LogP contribution in [0.3, 0.4) is 0 Å². The molecule has 1 N–H and O–H groups in total. The Balaban J connectivity index is 1.97. The topological polar surface area (TPSA) is 46.0 Å². The van der Waals surface area contributed by atoms with Gasteiger partial charge in [-0.3, -0.25) is 0 Å². The van der Waals surface area contributed by atoms with Crippen LogP contribution in [-0.4, -0.2) is 25.2 Å². The lowest BCUT2D eigenvalue weighted by atomic mass is 9.91. The van der Waals surface area contributed by atoms with Crippen LogP contribution in [0.25, 0.3) is 0 Å². The Morgan fingerprint density at radius 1 is 1.11 bits per heavy atom. The van der Waals surface area contributed by atoms with E-state index in [1.807, 2.05) is 43.3 Å². The summed E-state index contributed by atoms with van der Waals surface area (Å²) in [5, 5.41) is 14.8. The second-order valence-electron chi connectivity index (χ2n) is 7.26. The summed E-state index contributed by atoms with van der Waals surface area (Å²) in [5.41, 5.74) is 2.08. The highest BCUT2D eigenvalue weighted by Crippen LogP contribution is 2.50. The molecule has 0 amide bonds. The van der Waals surface area contributed by atoms with Gasteiger partial charge in [-0.1, -0.05) is 71.9 Å². The Kier molecular flexibility index (Phi) is 7.45. The Labute approximate surface area is 180 Å². The number of thioether (sulfide) groups is 1. The number of fused-ring (bicyclic) bond motifs is 1. The van der Waals surface area contributed by atoms with Crippen molar-refractivity contribution in [1.29, 1.82) is 0 Å². The molecule has 2 aromatic rings. The largest absolute Gasteiger partial charge is 0.633 e. The third-order valence-electron chi connectivity index (χ3n) is 5.22. The molecule has 0 aromatic heterocycles. The Bertz CT molecular complexity index is 788. The minimum atomic E-state index is -0.666. The molecule has 1 aliphatic rings. The van der Waals surface area contributed by atoms with Crippen LogP contribution in [-0.2, 0) is 9.61 Å². The van der Waals surface area contributed by atoms with Crippen molar-refractivity contribution in [1.82, 2.24) is 0 Å². The zero-order valence-corrected chi connectivity index (χ0v) is 19.0. The van der Waals surface area contributed by atoms with Crippen molar-refractivity contribution in [3.05, 3.63) is 64.9 Å². The molecule has 152 valence electrons. The molecule has 3 atom stereocenters. The maximum Gasteiger partial charge on any atom is 0.180 e. The first kappa shape index (κ1) is 21.7. The van der Waals surface area contributed by atoms with E-state index < -0.39 is 4.87 Å². The molecule has 0 saturated heterocycles. The Morgan fingerprint density at radius 3 is 2.57 bits per heavy atom. The van der Waals surface area contributed by atoms with Crippen LogP contribution in [0.5, 0.6) is 5.75 Å². The fourth-order valence-electron chi connectivity index (χ4n) is 3.79. The summed E-state index contributed by atoms with van der Waals surface area (Å²) >= 11 is 5.02. The van der Waals surface area contributed by atoms with Crippen molar-refractivity contribution in [2.24, 2.45) is 5.92 Å². The number of rotatable bonds is 8. The van der Waals surface area contributed by atoms with Crippen LogP contribution >= 0.6 is 27.7 Å². The number of nitrogens with one attached hydrogen (secondary N) is 1. The number of halogens is 1. The molecule has 4 nitrogen and oxygen atoms in total. The number of hydrogen-bond acceptors (Lipinski definition) is 4. The van der Waals surface area contributed by atoms with Crippen LogP contribution in [0.15, 0.2) is 53.4 Å². The van der Waals surface area contributed by atoms with Crippen molar-refractivity contribution < 1.29 is 14.5 Å². The van der Waals surface area contributed by atoms with Gasteiger partial charge < -0.3 is 19.7 Å². The molecule has 3 rings (SSSR count). The van der Waals surface area contributed by atoms with Crippen molar-refractivity contribution >= 4 is 27.7 Å². The standard InChI is InChI=1S/C22H28BrNO3S/c1-16(2)22(24(25)17(3)18-8-4-7-11-21(18)28-22)19-9-5-6-10-20(19)27-15-14-26-13-12-23/h4-11,16-17,24H,12-15H2,1-3H3. The number of quaternary nitrogens is 1. The van der Waals surface area contributed by atoms with Crippen LogP contribution < -0.4 is 9.80 Å². The highest BCUT2D eigenvalue weighted by molar-refractivity contribution is 9.09. The highest BCUT2D eigenvalue weighted by Gasteiger charge is 2.50. The SMILES string of the molecule is CC1c2ccccc2SC(c2ccccc2OCCOCCBr)(C(C)C)[NH+]1[O-].